The summed E-state index contributed by atoms with van der Waals surface area (Å²) in [5, 5.41) is 3.38. The van der Waals surface area contributed by atoms with Crippen LogP contribution in [0.2, 0.25) is 5.02 Å². The molecule has 0 aliphatic heterocycles. The van der Waals surface area contributed by atoms with E-state index in [1.807, 2.05) is 24.3 Å². The first kappa shape index (κ1) is 20.8. The highest BCUT2D eigenvalue weighted by Gasteiger charge is 2.40. The molecule has 0 heterocycles. The number of hydrogen-bond donors (Lipinski definition) is 1. The summed E-state index contributed by atoms with van der Waals surface area (Å²) >= 11 is 19.9. The van der Waals surface area contributed by atoms with E-state index in [0.717, 1.165) is 11.1 Å². The van der Waals surface area contributed by atoms with E-state index >= 15 is 0 Å². The molecular formula is C20H19Cl3FNOS. The smallest absolute Gasteiger partial charge is 0.224 e. The quantitative estimate of drug-likeness (QED) is 0.444. The molecule has 27 heavy (non-hydrogen) atoms. The van der Waals surface area contributed by atoms with Gasteiger partial charge in [-0.15, -0.1) is 23.2 Å². The van der Waals surface area contributed by atoms with Crippen molar-refractivity contribution in [2.24, 2.45) is 5.92 Å². The Morgan fingerprint density at radius 1 is 1.22 bits per heavy atom. The molecule has 1 aliphatic rings. The molecule has 7 heteroatoms. The number of fused-ring (bicyclic) bond motifs is 1. The minimum Gasteiger partial charge on any atom is -0.355 e. The zero-order chi connectivity index (χ0) is 19.4. The number of carbonyl (C=O) groups excluding carboxylic acids is 1. The van der Waals surface area contributed by atoms with Crippen molar-refractivity contribution in [2.45, 2.75) is 22.9 Å². The molecule has 0 aromatic heterocycles. The van der Waals surface area contributed by atoms with E-state index in [9.17, 15) is 9.18 Å². The summed E-state index contributed by atoms with van der Waals surface area (Å²) in [6, 6.07) is 12.6. The number of carbonyl (C=O) groups is 1. The van der Waals surface area contributed by atoms with Crippen molar-refractivity contribution in [3.05, 3.63) is 70.0 Å². The summed E-state index contributed by atoms with van der Waals surface area (Å²) in [4.78, 5) is 12.0. The van der Waals surface area contributed by atoms with Crippen molar-refractivity contribution in [3.63, 3.8) is 0 Å². The molecule has 2 atom stereocenters. The monoisotopic (exact) mass is 445 g/mol. The highest BCUT2D eigenvalue weighted by molar-refractivity contribution is 7.98. The van der Waals surface area contributed by atoms with E-state index in [2.05, 4.69) is 5.32 Å². The van der Waals surface area contributed by atoms with Gasteiger partial charge >= 0.3 is 0 Å². The fourth-order valence-electron chi connectivity index (χ4n) is 3.41. The Hall–Kier alpha value is -0.940. The topological polar surface area (TPSA) is 29.1 Å². The Morgan fingerprint density at radius 3 is 2.74 bits per heavy atom. The Bertz CT molecular complexity index is 797. The minimum atomic E-state index is -0.637. The molecule has 2 aromatic rings. The second-order valence-corrected chi connectivity index (χ2v) is 9.09. The second-order valence-electron chi connectivity index (χ2n) is 6.41. The van der Waals surface area contributed by atoms with Gasteiger partial charge in [0, 0.05) is 34.6 Å². The number of halogens is 4. The van der Waals surface area contributed by atoms with Crippen molar-refractivity contribution in [2.75, 3.05) is 12.3 Å². The fraction of sp³-hybridized carbons (Fsp3) is 0.350. The molecule has 3 rings (SSSR count). The van der Waals surface area contributed by atoms with E-state index in [0.29, 0.717) is 35.1 Å². The van der Waals surface area contributed by atoms with Crippen LogP contribution >= 0.6 is 46.6 Å². The molecule has 0 radical (unpaired) electrons. The first-order chi connectivity index (χ1) is 13.0. The average molecular weight is 447 g/mol. The SMILES string of the molecule is O=C(NCCSCc1c(F)cccc1Cl)[C@@H]1Cc2ccccc2[C@@H]1C(Cl)Cl. The fourth-order valence-corrected chi connectivity index (χ4v) is 5.23. The molecule has 0 saturated heterocycles. The largest absolute Gasteiger partial charge is 0.355 e. The van der Waals surface area contributed by atoms with Crippen molar-refractivity contribution >= 4 is 52.5 Å². The third kappa shape index (κ3) is 4.92. The van der Waals surface area contributed by atoms with Gasteiger partial charge in [0.25, 0.3) is 0 Å². The van der Waals surface area contributed by atoms with Gasteiger partial charge in [0.05, 0.1) is 5.92 Å². The van der Waals surface area contributed by atoms with Gasteiger partial charge in [0.1, 0.15) is 10.7 Å². The Kier molecular flexibility index (Phi) is 7.32. The molecule has 1 amide bonds. The van der Waals surface area contributed by atoms with Crippen LogP contribution in [0.3, 0.4) is 0 Å². The van der Waals surface area contributed by atoms with Crippen LogP contribution < -0.4 is 5.32 Å². The normalized spacial score (nSPS) is 18.6. The second kappa shape index (κ2) is 9.51. The predicted molar refractivity (Wildman–Crippen MR) is 112 cm³/mol. The van der Waals surface area contributed by atoms with Crippen molar-refractivity contribution in [3.8, 4) is 0 Å². The molecule has 0 spiro atoms. The third-order valence-electron chi connectivity index (χ3n) is 4.75. The predicted octanol–water partition coefficient (Wildman–Crippen LogP) is 5.59. The summed E-state index contributed by atoms with van der Waals surface area (Å²) in [7, 11) is 0. The first-order valence-electron chi connectivity index (χ1n) is 8.63. The van der Waals surface area contributed by atoms with Gasteiger partial charge in [0.15, 0.2) is 0 Å². The lowest BCUT2D eigenvalue weighted by molar-refractivity contribution is -0.125. The standard InChI is InChI=1S/C20H19Cl3FNOS/c21-16-6-3-7-17(24)15(16)11-27-9-8-25-20(26)14-10-12-4-1-2-5-13(12)18(14)19(22)23/h1-7,14,18-19H,8-11H2,(H,25,26)/t14-,18+/m1/s1. The maximum atomic E-state index is 13.7. The molecule has 0 bridgehead atoms. The number of rotatable bonds is 7. The molecule has 1 aliphatic carbocycles. The Balaban J connectivity index is 1.50. The minimum absolute atomic E-state index is 0.0491. The van der Waals surface area contributed by atoms with Crippen LogP contribution in [0.5, 0.6) is 0 Å². The zero-order valence-electron chi connectivity index (χ0n) is 14.4. The number of nitrogens with one attached hydrogen (secondary N) is 1. The van der Waals surface area contributed by atoms with Crippen molar-refractivity contribution in [1.29, 1.82) is 0 Å². The van der Waals surface area contributed by atoms with Crippen LogP contribution in [0.1, 0.15) is 22.6 Å². The molecule has 0 unspecified atom stereocenters. The number of benzene rings is 2. The number of alkyl halides is 2. The average Bonchev–Trinajstić information content (AvgIpc) is 3.03. The van der Waals surface area contributed by atoms with Crippen LogP contribution in [0.15, 0.2) is 42.5 Å². The van der Waals surface area contributed by atoms with Crippen LogP contribution in [0.4, 0.5) is 4.39 Å². The number of thioether (sulfide) groups is 1. The molecule has 0 fully saturated rings. The van der Waals surface area contributed by atoms with Gasteiger partial charge in [0.2, 0.25) is 5.91 Å². The summed E-state index contributed by atoms with van der Waals surface area (Å²) < 4.78 is 13.7. The highest BCUT2D eigenvalue weighted by Crippen LogP contribution is 2.43. The summed E-state index contributed by atoms with van der Waals surface area (Å²) in [6.45, 7) is 0.490. The van der Waals surface area contributed by atoms with E-state index in [1.165, 1.54) is 17.8 Å². The maximum Gasteiger partial charge on any atom is 0.224 e. The zero-order valence-corrected chi connectivity index (χ0v) is 17.5. The Labute approximate surface area is 177 Å². The lowest BCUT2D eigenvalue weighted by atomic mass is 9.93. The maximum absolute atomic E-state index is 13.7. The lowest BCUT2D eigenvalue weighted by Gasteiger charge is -2.21. The van der Waals surface area contributed by atoms with E-state index < -0.39 is 4.84 Å². The van der Waals surface area contributed by atoms with Gasteiger partial charge in [-0.25, -0.2) is 4.39 Å². The van der Waals surface area contributed by atoms with Crippen molar-refractivity contribution in [1.82, 2.24) is 5.32 Å². The molecule has 2 aromatic carbocycles. The molecule has 1 N–H and O–H groups in total. The lowest BCUT2D eigenvalue weighted by Crippen LogP contribution is -2.35. The first-order valence-corrected chi connectivity index (χ1v) is 11.0. The summed E-state index contributed by atoms with van der Waals surface area (Å²) in [5.41, 5.74) is 2.67. The van der Waals surface area contributed by atoms with Crippen molar-refractivity contribution < 1.29 is 9.18 Å². The molecular weight excluding hydrogens is 428 g/mol. The summed E-state index contributed by atoms with van der Waals surface area (Å²) in [5.74, 6) is 0.298. The molecule has 144 valence electrons. The van der Waals surface area contributed by atoms with Crippen LogP contribution in [0.25, 0.3) is 0 Å². The van der Waals surface area contributed by atoms with Gasteiger partial charge in [-0.05, 0) is 29.7 Å². The van der Waals surface area contributed by atoms with E-state index in [-0.39, 0.29) is 23.6 Å². The number of amides is 1. The van der Waals surface area contributed by atoms with Gasteiger partial charge in [-0.3, -0.25) is 4.79 Å². The molecule has 2 nitrogen and oxygen atoms in total. The van der Waals surface area contributed by atoms with Gasteiger partial charge in [-0.2, -0.15) is 11.8 Å². The van der Waals surface area contributed by atoms with Crippen LogP contribution in [-0.2, 0) is 17.0 Å². The van der Waals surface area contributed by atoms with E-state index in [1.54, 1.807) is 12.1 Å². The summed E-state index contributed by atoms with van der Waals surface area (Å²) in [6.07, 6.45) is 0.639. The third-order valence-corrected chi connectivity index (χ3v) is 6.63. The van der Waals surface area contributed by atoms with Crippen LogP contribution in [-0.4, -0.2) is 23.0 Å². The van der Waals surface area contributed by atoms with E-state index in [4.69, 9.17) is 34.8 Å². The number of hydrogen-bond acceptors (Lipinski definition) is 2. The highest BCUT2D eigenvalue weighted by atomic mass is 35.5. The van der Waals surface area contributed by atoms with Gasteiger partial charge < -0.3 is 5.32 Å². The van der Waals surface area contributed by atoms with Gasteiger partial charge in [-0.1, -0.05) is 41.9 Å². The Morgan fingerprint density at radius 2 is 2.00 bits per heavy atom. The molecule has 0 saturated carbocycles. The van der Waals surface area contributed by atoms with Crippen LogP contribution in [0, 0.1) is 11.7 Å².